The Morgan fingerprint density at radius 2 is 2.03 bits per heavy atom. The molecule has 7 atom stereocenters. The van der Waals surface area contributed by atoms with Crippen LogP contribution in [0.3, 0.4) is 0 Å². The van der Waals surface area contributed by atoms with Crippen molar-refractivity contribution < 1.29 is 24.2 Å². The first-order chi connectivity index (χ1) is 14.1. The lowest BCUT2D eigenvalue weighted by molar-refractivity contribution is -0.193. The smallest absolute Gasteiger partial charge is 0.306 e. The van der Waals surface area contributed by atoms with Crippen molar-refractivity contribution in [2.45, 2.75) is 58.2 Å². The Kier molecular flexibility index (Phi) is 5.14. The second-order valence-corrected chi connectivity index (χ2v) is 9.89. The summed E-state index contributed by atoms with van der Waals surface area (Å²) in [6.45, 7) is 5.74. The third-order valence-electron chi connectivity index (χ3n) is 8.33. The number of fused-ring (bicyclic) bond motifs is 5. The van der Waals surface area contributed by atoms with Crippen molar-refractivity contribution in [1.29, 1.82) is 0 Å². The van der Waals surface area contributed by atoms with Crippen LogP contribution in [0.2, 0.25) is 0 Å². The third-order valence-corrected chi connectivity index (χ3v) is 8.57. The molecule has 0 bridgehead atoms. The minimum Gasteiger partial charge on any atom is -0.450 e. The number of ketones is 2. The summed E-state index contributed by atoms with van der Waals surface area (Å²) < 4.78 is 5.87. The third kappa shape index (κ3) is 2.74. The van der Waals surface area contributed by atoms with Crippen LogP contribution in [-0.4, -0.2) is 40.2 Å². The van der Waals surface area contributed by atoms with Gasteiger partial charge in [0.1, 0.15) is 0 Å². The fourth-order valence-corrected chi connectivity index (χ4v) is 7.04. The molecule has 2 saturated carbocycles. The highest BCUT2D eigenvalue weighted by molar-refractivity contribution is 6.29. The van der Waals surface area contributed by atoms with E-state index in [-0.39, 0.29) is 41.6 Å². The Morgan fingerprint density at radius 1 is 1.30 bits per heavy atom. The van der Waals surface area contributed by atoms with Gasteiger partial charge in [0, 0.05) is 23.2 Å². The predicted octanol–water partition coefficient (Wildman–Crippen LogP) is 3.54. The van der Waals surface area contributed by atoms with E-state index < -0.39 is 28.5 Å². The van der Waals surface area contributed by atoms with Gasteiger partial charge in [-0.3, -0.25) is 14.4 Å². The van der Waals surface area contributed by atoms with E-state index in [9.17, 15) is 19.5 Å². The normalized spacial score (nSPS) is 44.0. The molecule has 0 aromatic heterocycles. The van der Waals surface area contributed by atoms with E-state index in [0.717, 1.165) is 5.57 Å². The van der Waals surface area contributed by atoms with Crippen molar-refractivity contribution in [3.05, 3.63) is 36.0 Å². The maximum Gasteiger partial charge on any atom is 0.306 e. The van der Waals surface area contributed by atoms with Crippen molar-refractivity contribution in [3.8, 4) is 0 Å². The SMILES string of the molecule is CCC(=O)O[C@]1(C(=O)CCl)CC[C@H]2[C@@H]3C=CC4=CC(=O)C=C[C@]4(C)[C@H]3C(O)C[C@@]21C. The summed E-state index contributed by atoms with van der Waals surface area (Å²) in [5.41, 5.74) is -1.55. The van der Waals surface area contributed by atoms with E-state index in [0.29, 0.717) is 19.3 Å². The van der Waals surface area contributed by atoms with E-state index in [1.807, 2.05) is 19.1 Å². The first-order valence-electron chi connectivity index (χ1n) is 10.8. The van der Waals surface area contributed by atoms with E-state index >= 15 is 0 Å². The van der Waals surface area contributed by atoms with Crippen molar-refractivity contribution >= 4 is 29.1 Å². The zero-order valence-corrected chi connectivity index (χ0v) is 18.4. The molecule has 5 nitrogen and oxygen atoms in total. The highest BCUT2D eigenvalue weighted by Gasteiger charge is 2.69. The number of allylic oxidation sites excluding steroid dienone is 6. The Morgan fingerprint density at radius 3 is 2.70 bits per heavy atom. The molecule has 0 aromatic rings. The second kappa shape index (κ2) is 7.16. The summed E-state index contributed by atoms with van der Waals surface area (Å²) in [7, 11) is 0. The summed E-state index contributed by atoms with van der Waals surface area (Å²) >= 11 is 5.98. The Balaban J connectivity index is 1.80. The summed E-state index contributed by atoms with van der Waals surface area (Å²) in [6.07, 6.45) is 10.2. The molecule has 30 heavy (non-hydrogen) atoms. The number of hydrogen-bond acceptors (Lipinski definition) is 5. The predicted molar refractivity (Wildman–Crippen MR) is 113 cm³/mol. The largest absolute Gasteiger partial charge is 0.450 e. The van der Waals surface area contributed by atoms with Crippen LogP contribution in [-0.2, 0) is 19.1 Å². The summed E-state index contributed by atoms with van der Waals surface area (Å²) in [6, 6.07) is 0. The van der Waals surface area contributed by atoms with Crippen LogP contribution in [0.5, 0.6) is 0 Å². The number of esters is 1. The number of aliphatic hydroxyl groups excluding tert-OH is 1. The van der Waals surface area contributed by atoms with Crippen molar-refractivity contribution in [3.63, 3.8) is 0 Å². The molecule has 0 saturated heterocycles. The van der Waals surface area contributed by atoms with Crippen LogP contribution in [0.15, 0.2) is 36.0 Å². The highest BCUT2D eigenvalue weighted by Crippen LogP contribution is 2.66. The molecule has 6 heteroatoms. The van der Waals surface area contributed by atoms with E-state index in [1.54, 1.807) is 19.1 Å². The molecule has 4 aliphatic carbocycles. The molecule has 0 aromatic carbocycles. The quantitative estimate of drug-likeness (QED) is 0.542. The number of hydrogen-bond donors (Lipinski definition) is 1. The van der Waals surface area contributed by atoms with Gasteiger partial charge < -0.3 is 9.84 Å². The zero-order chi connectivity index (χ0) is 21.9. The van der Waals surface area contributed by atoms with E-state index in [1.165, 1.54) is 0 Å². The van der Waals surface area contributed by atoms with Crippen LogP contribution < -0.4 is 0 Å². The maximum atomic E-state index is 13.1. The van der Waals surface area contributed by atoms with Gasteiger partial charge >= 0.3 is 5.97 Å². The number of halogens is 1. The van der Waals surface area contributed by atoms with Gasteiger partial charge in [0.05, 0.1) is 12.0 Å². The lowest BCUT2D eigenvalue weighted by atomic mass is 9.48. The van der Waals surface area contributed by atoms with Crippen molar-refractivity contribution in [1.82, 2.24) is 0 Å². The van der Waals surface area contributed by atoms with Crippen LogP contribution in [0.4, 0.5) is 0 Å². The number of carbonyl (C=O) groups is 3. The summed E-state index contributed by atoms with van der Waals surface area (Å²) in [5.74, 6) is -1.02. The number of ether oxygens (including phenoxy) is 1. The standard InChI is InChI=1S/C24H29ClO5/c1-4-20(29)30-24(19(28)13-25)10-8-17-16-6-5-14-11-15(26)7-9-22(14,2)21(16)18(27)12-23(17,24)3/h5-7,9,11,16-18,21,27H,4,8,10,12-13H2,1-3H3/t16-,17-,18?,21+,22-,23-,24-/m0/s1. The molecule has 2 fully saturated rings. The number of aliphatic hydroxyl groups is 1. The Hall–Kier alpha value is -1.72. The molecule has 1 unspecified atom stereocenters. The lowest BCUT2D eigenvalue weighted by Crippen LogP contribution is -2.62. The van der Waals surface area contributed by atoms with Gasteiger partial charge in [0.2, 0.25) is 0 Å². The first-order valence-corrected chi connectivity index (χ1v) is 11.3. The molecule has 1 N–H and O–H groups in total. The molecule has 4 aliphatic rings. The topological polar surface area (TPSA) is 80.7 Å². The second-order valence-electron chi connectivity index (χ2n) is 9.63. The van der Waals surface area contributed by atoms with Crippen LogP contribution in [0.1, 0.15) is 46.5 Å². The van der Waals surface area contributed by atoms with E-state index in [2.05, 4.69) is 13.0 Å². The molecular formula is C24H29ClO5. The molecule has 4 rings (SSSR count). The van der Waals surface area contributed by atoms with E-state index in [4.69, 9.17) is 16.3 Å². The van der Waals surface area contributed by atoms with Gasteiger partial charge in [-0.25, -0.2) is 0 Å². The molecule has 162 valence electrons. The van der Waals surface area contributed by atoms with Gasteiger partial charge in [-0.15, -0.1) is 11.6 Å². The van der Waals surface area contributed by atoms with Crippen LogP contribution >= 0.6 is 11.6 Å². The number of alkyl halides is 1. The van der Waals surface area contributed by atoms with Gasteiger partial charge in [-0.2, -0.15) is 0 Å². The lowest BCUT2D eigenvalue weighted by Gasteiger charge is -2.58. The van der Waals surface area contributed by atoms with Gasteiger partial charge in [0.25, 0.3) is 0 Å². The Bertz CT molecular complexity index is 888. The molecule has 0 heterocycles. The highest BCUT2D eigenvalue weighted by atomic mass is 35.5. The van der Waals surface area contributed by atoms with Gasteiger partial charge in [-0.05, 0) is 48.8 Å². The van der Waals surface area contributed by atoms with Crippen molar-refractivity contribution in [2.24, 2.45) is 28.6 Å². The maximum absolute atomic E-state index is 13.1. The summed E-state index contributed by atoms with van der Waals surface area (Å²) in [4.78, 5) is 37.3. The Labute approximate surface area is 182 Å². The molecule has 0 spiro atoms. The van der Waals surface area contributed by atoms with Crippen molar-refractivity contribution in [2.75, 3.05) is 5.88 Å². The molecule has 0 radical (unpaired) electrons. The monoisotopic (exact) mass is 432 g/mol. The van der Waals surface area contributed by atoms with Gasteiger partial charge in [0.15, 0.2) is 17.2 Å². The van der Waals surface area contributed by atoms with Crippen LogP contribution in [0.25, 0.3) is 0 Å². The fourth-order valence-electron chi connectivity index (χ4n) is 6.83. The molecule has 0 aliphatic heterocycles. The summed E-state index contributed by atoms with van der Waals surface area (Å²) in [5, 5.41) is 11.4. The number of carbonyl (C=O) groups excluding carboxylic acids is 3. The molecule has 0 amide bonds. The van der Waals surface area contributed by atoms with Crippen LogP contribution in [0, 0.1) is 28.6 Å². The number of rotatable bonds is 4. The first kappa shape index (κ1) is 21.5. The average Bonchev–Trinajstić information content (AvgIpc) is 3.00. The zero-order valence-electron chi connectivity index (χ0n) is 17.7. The van der Waals surface area contributed by atoms with Gasteiger partial charge in [-0.1, -0.05) is 39.0 Å². The minimum atomic E-state index is -1.30. The number of Topliss-reactive ketones (excluding diaryl/α,β-unsaturated/α-hetero) is 1. The average molecular weight is 433 g/mol. The molecular weight excluding hydrogens is 404 g/mol. The fraction of sp³-hybridized carbons (Fsp3) is 0.625. The minimum absolute atomic E-state index is 0.00378.